The fourth-order valence-electron chi connectivity index (χ4n) is 1.45. The highest BCUT2D eigenvalue weighted by molar-refractivity contribution is 5.98. The first-order valence-corrected chi connectivity index (χ1v) is 4.94. The topological polar surface area (TPSA) is 61.6 Å². The van der Waals surface area contributed by atoms with Crippen LogP contribution in [0.5, 0.6) is 11.5 Å². The van der Waals surface area contributed by atoms with Crippen molar-refractivity contribution in [3.05, 3.63) is 23.8 Å². The lowest BCUT2D eigenvalue weighted by atomic mass is 10.1. The molecule has 15 heavy (non-hydrogen) atoms. The fourth-order valence-corrected chi connectivity index (χ4v) is 1.45. The van der Waals surface area contributed by atoms with Crippen LogP contribution >= 0.6 is 0 Å². The van der Waals surface area contributed by atoms with E-state index in [-0.39, 0.29) is 12.3 Å². The summed E-state index contributed by atoms with van der Waals surface area (Å²) in [5.41, 5.74) is 5.86. The van der Waals surface area contributed by atoms with Crippen molar-refractivity contribution < 1.29 is 14.3 Å². The molecule has 1 aromatic carbocycles. The molecule has 80 valence electrons. The van der Waals surface area contributed by atoms with Crippen molar-refractivity contribution in [2.75, 3.05) is 19.8 Å². The summed E-state index contributed by atoms with van der Waals surface area (Å²) in [7, 11) is 0. The van der Waals surface area contributed by atoms with Crippen molar-refractivity contribution in [2.24, 2.45) is 5.73 Å². The molecule has 2 rings (SSSR count). The van der Waals surface area contributed by atoms with Gasteiger partial charge in [0.25, 0.3) is 0 Å². The Morgan fingerprint density at radius 3 is 2.73 bits per heavy atom. The summed E-state index contributed by atoms with van der Waals surface area (Å²) in [6, 6.07) is 5.15. The van der Waals surface area contributed by atoms with Crippen molar-refractivity contribution in [3.8, 4) is 11.5 Å². The fraction of sp³-hybridized carbons (Fsp3) is 0.364. The Kier molecular flexibility index (Phi) is 2.87. The molecule has 4 heteroatoms. The number of Topliss-reactive ketones (excluding diaryl/α,β-unsaturated/α-hetero) is 1. The molecule has 0 aliphatic carbocycles. The quantitative estimate of drug-likeness (QED) is 0.734. The van der Waals surface area contributed by atoms with E-state index >= 15 is 0 Å². The highest BCUT2D eigenvalue weighted by atomic mass is 16.5. The monoisotopic (exact) mass is 207 g/mol. The van der Waals surface area contributed by atoms with E-state index < -0.39 is 0 Å². The molecule has 1 aliphatic heterocycles. The van der Waals surface area contributed by atoms with Gasteiger partial charge in [0.15, 0.2) is 17.3 Å². The molecule has 0 radical (unpaired) electrons. The van der Waals surface area contributed by atoms with Gasteiger partial charge >= 0.3 is 0 Å². The Bertz CT molecular complexity index is 376. The summed E-state index contributed by atoms with van der Waals surface area (Å²) in [6.45, 7) is 1.28. The Hall–Kier alpha value is -1.55. The lowest BCUT2D eigenvalue weighted by Crippen LogP contribution is -2.13. The Balaban J connectivity index is 2.31. The third-order valence-corrected chi connectivity index (χ3v) is 2.25. The second-order valence-corrected chi connectivity index (χ2v) is 3.34. The number of ketones is 1. The third-order valence-electron chi connectivity index (χ3n) is 2.25. The molecule has 0 bridgehead atoms. The van der Waals surface area contributed by atoms with Crippen LogP contribution in [-0.2, 0) is 0 Å². The predicted molar refractivity (Wildman–Crippen MR) is 55.4 cm³/mol. The van der Waals surface area contributed by atoms with Crippen LogP contribution in [0.4, 0.5) is 0 Å². The van der Waals surface area contributed by atoms with Gasteiger partial charge in [0, 0.05) is 12.0 Å². The first-order valence-electron chi connectivity index (χ1n) is 4.94. The molecule has 0 aromatic heterocycles. The molecular formula is C11H13NO3. The van der Waals surface area contributed by atoms with Crippen LogP contribution in [0, 0.1) is 0 Å². The van der Waals surface area contributed by atoms with E-state index in [4.69, 9.17) is 15.2 Å². The van der Waals surface area contributed by atoms with E-state index in [0.29, 0.717) is 30.3 Å². The number of rotatable bonds is 2. The number of ether oxygens (including phenoxy) is 2. The summed E-state index contributed by atoms with van der Waals surface area (Å²) < 4.78 is 10.9. The van der Waals surface area contributed by atoms with E-state index in [1.54, 1.807) is 18.2 Å². The van der Waals surface area contributed by atoms with Crippen LogP contribution in [0.25, 0.3) is 0 Å². The van der Waals surface area contributed by atoms with Gasteiger partial charge in [0.2, 0.25) is 0 Å². The third kappa shape index (κ3) is 2.10. The number of carbonyl (C=O) groups excluding carboxylic acids is 1. The van der Waals surface area contributed by atoms with Crippen molar-refractivity contribution in [1.82, 2.24) is 0 Å². The molecule has 4 nitrogen and oxygen atoms in total. The maximum absolute atomic E-state index is 11.4. The standard InChI is InChI=1S/C11H13NO3/c12-7-9(13)8-2-3-10-11(6-8)15-5-1-4-14-10/h2-3,6H,1,4-5,7,12H2. The van der Waals surface area contributed by atoms with Gasteiger partial charge in [-0.15, -0.1) is 0 Å². The average molecular weight is 207 g/mol. The summed E-state index contributed by atoms with van der Waals surface area (Å²) in [4.78, 5) is 11.4. The van der Waals surface area contributed by atoms with Gasteiger partial charge in [-0.2, -0.15) is 0 Å². The molecule has 1 aliphatic rings. The van der Waals surface area contributed by atoms with Crippen LogP contribution in [0.2, 0.25) is 0 Å². The molecule has 0 amide bonds. The van der Waals surface area contributed by atoms with Crippen LogP contribution < -0.4 is 15.2 Å². The second-order valence-electron chi connectivity index (χ2n) is 3.34. The number of hydrogen-bond donors (Lipinski definition) is 1. The van der Waals surface area contributed by atoms with Gasteiger partial charge in [-0.05, 0) is 18.2 Å². The lowest BCUT2D eigenvalue weighted by Gasteiger charge is -2.08. The van der Waals surface area contributed by atoms with Crippen LogP contribution in [0.1, 0.15) is 16.8 Å². The van der Waals surface area contributed by atoms with E-state index in [1.807, 2.05) is 0 Å². The highest BCUT2D eigenvalue weighted by Gasteiger charge is 2.12. The smallest absolute Gasteiger partial charge is 0.176 e. The van der Waals surface area contributed by atoms with Crippen LogP contribution in [0.3, 0.4) is 0 Å². The van der Waals surface area contributed by atoms with Gasteiger partial charge in [-0.3, -0.25) is 4.79 Å². The van der Waals surface area contributed by atoms with Gasteiger partial charge in [0.1, 0.15) is 0 Å². The lowest BCUT2D eigenvalue weighted by molar-refractivity contribution is 0.100. The number of carbonyl (C=O) groups is 1. The molecular weight excluding hydrogens is 194 g/mol. The van der Waals surface area contributed by atoms with Crippen molar-refractivity contribution in [3.63, 3.8) is 0 Å². The minimum absolute atomic E-state index is 0.0135. The van der Waals surface area contributed by atoms with Gasteiger partial charge in [0.05, 0.1) is 19.8 Å². The van der Waals surface area contributed by atoms with E-state index in [1.165, 1.54) is 0 Å². The van der Waals surface area contributed by atoms with Crippen molar-refractivity contribution in [2.45, 2.75) is 6.42 Å². The first kappa shape index (κ1) is 9.98. The number of hydrogen-bond acceptors (Lipinski definition) is 4. The second kappa shape index (κ2) is 4.31. The number of benzene rings is 1. The predicted octanol–water partition coefficient (Wildman–Crippen LogP) is 0.989. The van der Waals surface area contributed by atoms with E-state index in [2.05, 4.69) is 0 Å². The minimum Gasteiger partial charge on any atom is -0.490 e. The van der Waals surface area contributed by atoms with Crippen LogP contribution in [-0.4, -0.2) is 25.5 Å². The molecule has 2 N–H and O–H groups in total. The van der Waals surface area contributed by atoms with E-state index in [9.17, 15) is 4.79 Å². The summed E-state index contributed by atoms with van der Waals surface area (Å²) in [5.74, 6) is 1.23. The minimum atomic E-state index is -0.0920. The molecule has 0 fully saturated rings. The largest absolute Gasteiger partial charge is 0.490 e. The SMILES string of the molecule is NCC(=O)c1ccc2c(c1)OCCCO2. The Morgan fingerprint density at radius 2 is 2.00 bits per heavy atom. The van der Waals surface area contributed by atoms with Crippen molar-refractivity contribution in [1.29, 1.82) is 0 Å². The van der Waals surface area contributed by atoms with Gasteiger partial charge in [-0.1, -0.05) is 0 Å². The number of nitrogens with two attached hydrogens (primary N) is 1. The van der Waals surface area contributed by atoms with E-state index in [0.717, 1.165) is 6.42 Å². The number of fused-ring (bicyclic) bond motifs is 1. The molecule has 0 atom stereocenters. The average Bonchev–Trinajstić information content (AvgIpc) is 2.51. The normalized spacial score (nSPS) is 14.5. The van der Waals surface area contributed by atoms with Crippen LogP contribution in [0.15, 0.2) is 18.2 Å². The maximum atomic E-state index is 11.4. The molecule has 0 saturated carbocycles. The zero-order valence-electron chi connectivity index (χ0n) is 8.36. The van der Waals surface area contributed by atoms with Gasteiger partial charge in [-0.25, -0.2) is 0 Å². The summed E-state index contributed by atoms with van der Waals surface area (Å²) in [5, 5.41) is 0. The maximum Gasteiger partial charge on any atom is 0.176 e. The zero-order valence-corrected chi connectivity index (χ0v) is 8.36. The van der Waals surface area contributed by atoms with Crippen molar-refractivity contribution >= 4 is 5.78 Å². The molecule has 1 aromatic rings. The molecule has 1 heterocycles. The Labute approximate surface area is 88.0 Å². The first-order chi connectivity index (χ1) is 7.31. The summed E-state index contributed by atoms with van der Waals surface area (Å²) in [6.07, 6.45) is 0.856. The summed E-state index contributed by atoms with van der Waals surface area (Å²) >= 11 is 0. The Morgan fingerprint density at radius 1 is 1.27 bits per heavy atom. The molecule has 0 unspecified atom stereocenters. The molecule has 0 saturated heterocycles. The zero-order chi connectivity index (χ0) is 10.7. The highest BCUT2D eigenvalue weighted by Crippen LogP contribution is 2.30. The molecule has 0 spiro atoms. The van der Waals surface area contributed by atoms with Gasteiger partial charge < -0.3 is 15.2 Å².